The van der Waals surface area contributed by atoms with Gasteiger partial charge >= 0.3 is 0 Å². The highest BCUT2D eigenvalue weighted by atomic mass is 16.7. The van der Waals surface area contributed by atoms with E-state index in [0.29, 0.717) is 6.61 Å². The van der Waals surface area contributed by atoms with E-state index in [-0.39, 0.29) is 12.2 Å². The van der Waals surface area contributed by atoms with E-state index in [0.717, 1.165) is 38.5 Å². The Hall–Kier alpha value is -0.630. The molecule has 0 aromatic heterocycles. The minimum Gasteiger partial charge on any atom is -0.357 e. The molecule has 2 rings (SSSR count). The minimum atomic E-state index is -0.563. The molecule has 0 spiro atoms. The SMILES string of the molecule is C[C@H]1CCC[C@@](C#N)(CCC[C@@H]2COC(C)(C)O2)O1. The van der Waals surface area contributed by atoms with E-state index in [1.165, 1.54) is 0 Å². The first-order chi connectivity index (χ1) is 8.95. The molecule has 0 N–H and O–H groups in total. The normalized spacial score (nSPS) is 38.0. The number of nitrogens with zero attached hydrogens (tertiary/aromatic N) is 1. The molecule has 4 heteroatoms. The zero-order valence-electron chi connectivity index (χ0n) is 12.3. The van der Waals surface area contributed by atoms with E-state index in [2.05, 4.69) is 13.0 Å². The first-order valence-electron chi connectivity index (χ1n) is 7.36. The summed E-state index contributed by atoms with van der Waals surface area (Å²) in [5.41, 5.74) is -0.563. The van der Waals surface area contributed by atoms with Crippen LogP contribution in [0.15, 0.2) is 0 Å². The van der Waals surface area contributed by atoms with Crippen LogP contribution in [0.1, 0.15) is 59.3 Å². The van der Waals surface area contributed by atoms with Gasteiger partial charge in [-0.05, 0) is 59.3 Å². The molecule has 4 nitrogen and oxygen atoms in total. The van der Waals surface area contributed by atoms with Crippen molar-refractivity contribution in [2.75, 3.05) is 6.61 Å². The van der Waals surface area contributed by atoms with Crippen molar-refractivity contribution in [2.45, 2.75) is 82.9 Å². The van der Waals surface area contributed by atoms with Crippen LogP contribution in [0, 0.1) is 11.3 Å². The first-order valence-corrected chi connectivity index (χ1v) is 7.36. The molecule has 2 heterocycles. The highest BCUT2D eigenvalue weighted by Crippen LogP contribution is 2.33. The maximum atomic E-state index is 9.40. The van der Waals surface area contributed by atoms with Crippen molar-refractivity contribution in [2.24, 2.45) is 0 Å². The summed E-state index contributed by atoms with van der Waals surface area (Å²) in [5.74, 6) is -0.451. The third-order valence-electron chi connectivity index (χ3n) is 4.00. The van der Waals surface area contributed by atoms with Gasteiger partial charge in [-0.3, -0.25) is 0 Å². The van der Waals surface area contributed by atoms with Gasteiger partial charge in [-0.15, -0.1) is 0 Å². The Morgan fingerprint density at radius 1 is 1.32 bits per heavy atom. The molecule has 2 aliphatic heterocycles. The molecule has 0 radical (unpaired) electrons. The third kappa shape index (κ3) is 3.92. The molecule has 19 heavy (non-hydrogen) atoms. The van der Waals surface area contributed by atoms with Crippen LogP contribution in [-0.2, 0) is 14.2 Å². The van der Waals surface area contributed by atoms with Crippen LogP contribution in [0.2, 0.25) is 0 Å². The van der Waals surface area contributed by atoms with Crippen LogP contribution >= 0.6 is 0 Å². The summed E-state index contributed by atoms with van der Waals surface area (Å²) < 4.78 is 17.2. The van der Waals surface area contributed by atoms with Crippen LogP contribution in [0.3, 0.4) is 0 Å². The molecule has 0 aliphatic carbocycles. The molecule has 0 bridgehead atoms. The molecular weight excluding hydrogens is 242 g/mol. The molecule has 0 saturated carbocycles. The standard InChI is InChI=1S/C15H25NO3/c1-12-6-4-8-15(11-16,18-12)9-5-7-13-10-17-14(2,3)19-13/h12-13H,4-10H2,1-3H3/t12-,13+,15-/m0/s1. The van der Waals surface area contributed by atoms with Crippen LogP contribution in [0.5, 0.6) is 0 Å². The third-order valence-corrected chi connectivity index (χ3v) is 4.00. The van der Waals surface area contributed by atoms with Gasteiger partial charge < -0.3 is 14.2 Å². The van der Waals surface area contributed by atoms with Crippen molar-refractivity contribution in [1.82, 2.24) is 0 Å². The molecule has 2 fully saturated rings. The molecule has 0 aromatic carbocycles. The summed E-state index contributed by atoms with van der Waals surface area (Å²) in [5, 5.41) is 9.40. The lowest BCUT2D eigenvalue weighted by molar-refractivity contribution is -0.139. The molecule has 2 saturated heterocycles. The van der Waals surface area contributed by atoms with Gasteiger partial charge in [-0.1, -0.05) is 0 Å². The fraction of sp³-hybridized carbons (Fsp3) is 0.933. The molecule has 2 aliphatic rings. The molecule has 3 atom stereocenters. The Kier molecular flexibility index (Phi) is 4.50. The lowest BCUT2D eigenvalue weighted by Crippen LogP contribution is -2.38. The van der Waals surface area contributed by atoms with Crippen LogP contribution in [0.4, 0.5) is 0 Å². The predicted molar refractivity (Wildman–Crippen MR) is 71.5 cm³/mol. The highest BCUT2D eigenvalue weighted by molar-refractivity contribution is 5.03. The van der Waals surface area contributed by atoms with Gasteiger partial charge in [-0.25, -0.2) is 0 Å². The van der Waals surface area contributed by atoms with Crippen LogP contribution < -0.4 is 0 Å². The first kappa shape index (κ1) is 14.8. The van der Waals surface area contributed by atoms with Crippen molar-refractivity contribution in [3.63, 3.8) is 0 Å². The largest absolute Gasteiger partial charge is 0.357 e. The Morgan fingerprint density at radius 2 is 2.11 bits per heavy atom. The molecular formula is C15H25NO3. The quantitative estimate of drug-likeness (QED) is 0.785. The Morgan fingerprint density at radius 3 is 2.68 bits per heavy atom. The fourth-order valence-electron chi connectivity index (χ4n) is 3.02. The Bertz CT molecular complexity index is 350. The van der Waals surface area contributed by atoms with Gasteiger partial charge in [0.05, 0.1) is 24.9 Å². The zero-order valence-corrected chi connectivity index (χ0v) is 12.3. The Balaban J connectivity index is 1.77. The number of hydrogen-bond donors (Lipinski definition) is 0. The van der Waals surface area contributed by atoms with Crippen molar-refractivity contribution in [3.05, 3.63) is 0 Å². The summed E-state index contributed by atoms with van der Waals surface area (Å²) in [4.78, 5) is 0. The second-order valence-electron chi connectivity index (χ2n) is 6.27. The van der Waals surface area contributed by atoms with Crippen molar-refractivity contribution in [3.8, 4) is 6.07 Å². The summed E-state index contributed by atoms with van der Waals surface area (Å²) >= 11 is 0. The fourth-order valence-corrected chi connectivity index (χ4v) is 3.02. The summed E-state index contributed by atoms with van der Waals surface area (Å²) in [6, 6.07) is 2.40. The molecule has 0 unspecified atom stereocenters. The number of nitriles is 1. The van der Waals surface area contributed by atoms with Gasteiger partial charge in [0.1, 0.15) is 0 Å². The average molecular weight is 267 g/mol. The number of rotatable bonds is 4. The van der Waals surface area contributed by atoms with Crippen LogP contribution in [0.25, 0.3) is 0 Å². The summed E-state index contributed by atoms with van der Waals surface area (Å²) in [6.07, 6.45) is 6.07. The second kappa shape index (κ2) is 5.78. The lowest BCUT2D eigenvalue weighted by atomic mass is 9.88. The highest BCUT2D eigenvalue weighted by Gasteiger charge is 2.37. The van der Waals surface area contributed by atoms with Gasteiger partial charge in [0, 0.05) is 0 Å². The summed E-state index contributed by atoms with van der Waals surface area (Å²) in [7, 11) is 0. The lowest BCUT2D eigenvalue weighted by Gasteiger charge is -2.35. The maximum absolute atomic E-state index is 9.40. The Labute approximate surface area is 116 Å². The maximum Gasteiger partial charge on any atom is 0.163 e. The molecule has 108 valence electrons. The van der Waals surface area contributed by atoms with E-state index in [1.807, 2.05) is 13.8 Å². The van der Waals surface area contributed by atoms with Crippen molar-refractivity contribution in [1.29, 1.82) is 5.26 Å². The predicted octanol–water partition coefficient (Wildman–Crippen LogP) is 3.16. The number of ether oxygens (including phenoxy) is 3. The van der Waals surface area contributed by atoms with E-state index in [1.54, 1.807) is 0 Å². The number of hydrogen-bond acceptors (Lipinski definition) is 4. The van der Waals surface area contributed by atoms with E-state index in [9.17, 15) is 5.26 Å². The van der Waals surface area contributed by atoms with Gasteiger partial charge in [0.15, 0.2) is 11.4 Å². The summed E-state index contributed by atoms with van der Waals surface area (Å²) in [6.45, 7) is 6.59. The van der Waals surface area contributed by atoms with Crippen molar-refractivity contribution < 1.29 is 14.2 Å². The smallest absolute Gasteiger partial charge is 0.163 e. The van der Waals surface area contributed by atoms with E-state index in [4.69, 9.17) is 14.2 Å². The molecule has 0 amide bonds. The van der Waals surface area contributed by atoms with Crippen LogP contribution in [-0.4, -0.2) is 30.2 Å². The minimum absolute atomic E-state index is 0.159. The molecule has 0 aromatic rings. The topological polar surface area (TPSA) is 51.5 Å². The zero-order chi connectivity index (χ0) is 13.9. The van der Waals surface area contributed by atoms with Gasteiger partial charge in [-0.2, -0.15) is 5.26 Å². The average Bonchev–Trinajstić information content (AvgIpc) is 2.69. The van der Waals surface area contributed by atoms with Gasteiger partial charge in [0.2, 0.25) is 0 Å². The van der Waals surface area contributed by atoms with E-state index >= 15 is 0 Å². The van der Waals surface area contributed by atoms with E-state index < -0.39 is 11.4 Å². The van der Waals surface area contributed by atoms with Crippen molar-refractivity contribution >= 4 is 0 Å². The van der Waals surface area contributed by atoms with Gasteiger partial charge in [0.25, 0.3) is 0 Å². The second-order valence-corrected chi connectivity index (χ2v) is 6.27. The monoisotopic (exact) mass is 267 g/mol.